The van der Waals surface area contributed by atoms with E-state index in [2.05, 4.69) is 76.0 Å². The Labute approximate surface area is 253 Å². The third-order valence-electron chi connectivity index (χ3n) is 10.6. The summed E-state index contributed by atoms with van der Waals surface area (Å²) in [5.74, 6) is 0.876. The van der Waals surface area contributed by atoms with E-state index in [9.17, 15) is 9.59 Å². The van der Waals surface area contributed by atoms with Gasteiger partial charge in [-0.15, -0.1) is 0 Å². The van der Waals surface area contributed by atoms with E-state index in [0.717, 1.165) is 37.1 Å². The van der Waals surface area contributed by atoms with Crippen LogP contribution in [0.1, 0.15) is 90.1 Å². The smallest absolute Gasteiger partial charge is 0.273 e. The van der Waals surface area contributed by atoms with Crippen molar-refractivity contribution < 1.29 is 9.59 Å². The van der Waals surface area contributed by atoms with Gasteiger partial charge in [-0.05, 0) is 101 Å². The zero-order valence-electron chi connectivity index (χ0n) is 25.3. The molecule has 1 amide bonds. The topological polar surface area (TPSA) is 71.3 Å². The third-order valence-corrected chi connectivity index (χ3v) is 10.6. The van der Waals surface area contributed by atoms with Crippen molar-refractivity contribution in [1.29, 1.82) is 0 Å². The minimum Gasteiger partial charge on any atom is -0.337 e. The van der Waals surface area contributed by atoms with Crippen LogP contribution >= 0.6 is 0 Å². The number of imidazole rings is 1. The van der Waals surface area contributed by atoms with Gasteiger partial charge in [0.25, 0.3) is 5.91 Å². The van der Waals surface area contributed by atoms with Crippen molar-refractivity contribution in [1.82, 2.24) is 24.3 Å². The molecule has 3 aliphatic heterocycles. The number of fused-ring (bicyclic) bond motifs is 3. The van der Waals surface area contributed by atoms with Gasteiger partial charge < -0.3 is 9.47 Å². The van der Waals surface area contributed by atoms with E-state index >= 15 is 0 Å². The molecule has 0 radical (unpaired) electrons. The summed E-state index contributed by atoms with van der Waals surface area (Å²) in [5.41, 5.74) is 4.46. The fraction of sp³-hybridized carbons (Fsp3) is 0.444. The molecule has 0 aliphatic carbocycles. The lowest BCUT2D eigenvalue weighted by molar-refractivity contribution is 0.0599. The molecule has 2 aromatic heterocycles. The van der Waals surface area contributed by atoms with Gasteiger partial charge in [0.05, 0.1) is 11.0 Å². The lowest BCUT2D eigenvalue weighted by atomic mass is 9.70. The molecule has 7 nitrogen and oxygen atoms in total. The summed E-state index contributed by atoms with van der Waals surface area (Å²) in [6.07, 6.45) is 9.43. The van der Waals surface area contributed by atoms with Crippen molar-refractivity contribution in [3.63, 3.8) is 0 Å². The van der Waals surface area contributed by atoms with Crippen LogP contribution in [0.3, 0.4) is 0 Å². The summed E-state index contributed by atoms with van der Waals surface area (Å²) in [6.45, 7) is 6.08. The molecule has 2 bridgehead atoms. The van der Waals surface area contributed by atoms with E-state index < -0.39 is 0 Å². The maximum absolute atomic E-state index is 13.5. The number of aromatic nitrogens is 3. The second kappa shape index (κ2) is 11.3. The zero-order valence-corrected chi connectivity index (χ0v) is 25.3. The molecule has 3 aliphatic rings. The molecule has 222 valence electrons. The highest BCUT2D eigenvalue weighted by molar-refractivity contribution is 6.05. The molecule has 0 N–H and O–H groups in total. The molecular weight excluding hydrogens is 534 g/mol. The van der Waals surface area contributed by atoms with Gasteiger partial charge in [0.15, 0.2) is 5.78 Å². The molecule has 7 heteroatoms. The monoisotopic (exact) mass is 575 g/mol. The van der Waals surface area contributed by atoms with Crippen LogP contribution in [0.5, 0.6) is 0 Å². The van der Waals surface area contributed by atoms with Crippen LogP contribution in [0.25, 0.3) is 11.0 Å². The number of Topliss-reactive ketones (excluding diaryl/α,β-unsaturated/α-hetero) is 1. The first-order valence-electron chi connectivity index (χ1n) is 15.9. The van der Waals surface area contributed by atoms with Crippen LogP contribution in [0.2, 0.25) is 0 Å². The molecular formula is C36H41N5O2. The number of benzene rings is 2. The van der Waals surface area contributed by atoms with Crippen LogP contribution in [-0.4, -0.2) is 67.7 Å². The molecule has 7 rings (SSSR count). The van der Waals surface area contributed by atoms with Crippen molar-refractivity contribution >= 4 is 22.7 Å². The van der Waals surface area contributed by atoms with Crippen molar-refractivity contribution in [3.8, 4) is 0 Å². The first-order valence-corrected chi connectivity index (χ1v) is 15.9. The number of hydrogen-bond acceptors (Lipinski definition) is 5. The van der Waals surface area contributed by atoms with E-state index in [1.807, 2.05) is 4.90 Å². The second-order valence-corrected chi connectivity index (χ2v) is 12.9. The average Bonchev–Trinajstić information content (AvgIpc) is 3.50. The molecule has 5 heterocycles. The standard InChI is InChI=1S/C36H41N5O2/c1-25(42)31-11-8-19-37-34(31)35(43)39-20-16-36(17-21-39,27-9-4-3-5-10-27)18-22-40-28-14-15-29(40)24-30(23-28)41-26(2)38-32-12-6-7-13-33(32)41/h3-13,19,28-30H,14-18,20-24H2,1-2H3. The molecule has 0 spiro atoms. The molecule has 0 saturated carbocycles. The predicted octanol–water partition coefficient (Wildman–Crippen LogP) is 6.37. The maximum Gasteiger partial charge on any atom is 0.273 e. The van der Waals surface area contributed by atoms with Gasteiger partial charge in [0.1, 0.15) is 11.5 Å². The van der Waals surface area contributed by atoms with E-state index in [0.29, 0.717) is 36.8 Å². The molecule has 43 heavy (non-hydrogen) atoms. The Balaban J connectivity index is 1.07. The Bertz CT molecular complexity index is 1620. The predicted molar refractivity (Wildman–Crippen MR) is 168 cm³/mol. The summed E-state index contributed by atoms with van der Waals surface area (Å²) in [4.78, 5) is 39.6. The number of para-hydroxylation sites is 2. The van der Waals surface area contributed by atoms with Gasteiger partial charge in [-0.1, -0.05) is 42.5 Å². The average molecular weight is 576 g/mol. The number of carbonyl (C=O) groups excluding carboxylic acids is 2. The number of carbonyl (C=O) groups is 2. The Morgan fingerprint density at radius 2 is 1.58 bits per heavy atom. The van der Waals surface area contributed by atoms with Crippen LogP contribution in [0, 0.1) is 6.92 Å². The highest BCUT2D eigenvalue weighted by Gasteiger charge is 2.44. The Hall–Kier alpha value is -3.84. The number of hydrogen-bond donors (Lipinski definition) is 0. The molecule has 3 saturated heterocycles. The summed E-state index contributed by atoms with van der Waals surface area (Å²) in [6, 6.07) is 24.6. The van der Waals surface area contributed by atoms with E-state index in [1.165, 1.54) is 43.7 Å². The fourth-order valence-corrected chi connectivity index (χ4v) is 8.41. The highest BCUT2D eigenvalue weighted by Crippen LogP contribution is 2.45. The summed E-state index contributed by atoms with van der Waals surface area (Å²) in [7, 11) is 0. The van der Waals surface area contributed by atoms with Crippen LogP contribution < -0.4 is 0 Å². The molecule has 4 aromatic rings. The van der Waals surface area contributed by atoms with Crippen molar-refractivity contribution in [2.45, 2.75) is 82.3 Å². The van der Waals surface area contributed by atoms with E-state index in [1.54, 1.807) is 18.3 Å². The fourth-order valence-electron chi connectivity index (χ4n) is 8.41. The Kier molecular flexibility index (Phi) is 7.38. The summed E-state index contributed by atoms with van der Waals surface area (Å²) in [5, 5.41) is 0. The van der Waals surface area contributed by atoms with Gasteiger partial charge in [-0.2, -0.15) is 0 Å². The van der Waals surface area contributed by atoms with Crippen molar-refractivity contribution in [2.24, 2.45) is 0 Å². The van der Waals surface area contributed by atoms with E-state index in [4.69, 9.17) is 4.98 Å². The van der Waals surface area contributed by atoms with Gasteiger partial charge in [-0.25, -0.2) is 4.98 Å². The SMILES string of the molecule is CC(=O)c1cccnc1C(=O)N1CCC(CCN2C3CCC2CC(n2c(C)nc4ccccc42)C3)(c2ccccc2)CC1. The minimum absolute atomic E-state index is 0.0268. The number of aryl methyl sites for hydroxylation is 1. The zero-order chi connectivity index (χ0) is 29.6. The Morgan fingerprint density at radius 3 is 2.30 bits per heavy atom. The maximum atomic E-state index is 13.5. The molecule has 2 atom stereocenters. The molecule has 3 fully saturated rings. The first-order chi connectivity index (χ1) is 20.9. The third kappa shape index (κ3) is 5.07. The molecule has 2 aromatic carbocycles. The minimum atomic E-state index is -0.130. The lowest BCUT2D eigenvalue weighted by Gasteiger charge is -2.45. The number of nitrogens with zero attached hydrogens (tertiary/aromatic N) is 5. The number of pyridine rings is 1. The van der Waals surface area contributed by atoms with Gasteiger partial charge in [0, 0.05) is 43.0 Å². The van der Waals surface area contributed by atoms with Gasteiger partial charge in [0.2, 0.25) is 0 Å². The first kappa shape index (κ1) is 28.0. The number of amides is 1. The number of likely N-dealkylation sites (tertiary alicyclic amines) is 1. The Morgan fingerprint density at radius 1 is 0.884 bits per heavy atom. The summed E-state index contributed by atoms with van der Waals surface area (Å²) < 4.78 is 2.51. The second-order valence-electron chi connectivity index (χ2n) is 12.9. The summed E-state index contributed by atoms with van der Waals surface area (Å²) >= 11 is 0. The van der Waals surface area contributed by atoms with Crippen LogP contribution in [-0.2, 0) is 5.41 Å². The number of rotatable bonds is 7. The number of ketones is 1. The quantitative estimate of drug-likeness (QED) is 0.239. The lowest BCUT2D eigenvalue weighted by Crippen LogP contribution is -2.49. The van der Waals surface area contributed by atoms with Crippen LogP contribution in [0.4, 0.5) is 0 Å². The van der Waals surface area contributed by atoms with Gasteiger partial charge >= 0.3 is 0 Å². The number of piperidine rings is 2. The normalized spacial score (nSPS) is 23.5. The van der Waals surface area contributed by atoms with Crippen molar-refractivity contribution in [3.05, 3.63) is 95.6 Å². The largest absolute Gasteiger partial charge is 0.337 e. The van der Waals surface area contributed by atoms with E-state index in [-0.39, 0.29) is 22.8 Å². The van der Waals surface area contributed by atoms with Crippen LogP contribution in [0.15, 0.2) is 72.9 Å². The molecule has 2 unspecified atom stereocenters. The highest BCUT2D eigenvalue weighted by atomic mass is 16.2. The van der Waals surface area contributed by atoms with Gasteiger partial charge in [-0.3, -0.25) is 19.5 Å². The van der Waals surface area contributed by atoms with Crippen molar-refractivity contribution in [2.75, 3.05) is 19.6 Å².